The molecule has 28 heavy (non-hydrogen) atoms. The van der Waals surface area contributed by atoms with Crippen LogP contribution >= 0.6 is 0 Å². The number of carbonyl (C=O) groups excluding carboxylic acids is 1. The van der Waals surface area contributed by atoms with Gasteiger partial charge in [-0.25, -0.2) is 0 Å². The minimum atomic E-state index is 0.112. The number of rotatable bonds is 4. The van der Waals surface area contributed by atoms with Gasteiger partial charge in [0.15, 0.2) is 0 Å². The zero-order valence-electron chi connectivity index (χ0n) is 16.7. The second-order valence-electron chi connectivity index (χ2n) is 7.60. The van der Waals surface area contributed by atoms with Gasteiger partial charge in [-0.05, 0) is 74.7 Å². The van der Waals surface area contributed by atoms with Crippen molar-refractivity contribution in [3.63, 3.8) is 0 Å². The summed E-state index contributed by atoms with van der Waals surface area (Å²) >= 11 is 0. The monoisotopic (exact) mass is 377 g/mol. The number of benzene rings is 2. The van der Waals surface area contributed by atoms with E-state index in [-0.39, 0.29) is 11.9 Å². The van der Waals surface area contributed by atoms with Gasteiger partial charge in [0.2, 0.25) is 0 Å². The Morgan fingerprint density at radius 1 is 1.18 bits per heavy atom. The Morgan fingerprint density at radius 3 is 2.71 bits per heavy atom. The number of likely N-dealkylation sites (tertiary alicyclic amines) is 1. The zero-order chi connectivity index (χ0) is 19.7. The maximum absolute atomic E-state index is 13.1. The van der Waals surface area contributed by atoms with E-state index in [1.165, 1.54) is 5.56 Å². The molecule has 5 nitrogen and oxygen atoms in total. The molecule has 1 saturated heterocycles. The fraction of sp³-hybridized carbons (Fsp3) is 0.348. The van der Waals surface area contributed by atoms with E-state index in [2.05, 4.69) is 24.1 Å². The Bertz CT molecular complexity index is 991. The largest absolute Gasteiger partial charge is 0.497 e. The van der Waals surface area contributed by atoms with Crippen LogP contribution in [0.2, 0.25) is 0 Å². The number of H-pyrrole nitrogens is 1. The molecule has 3 aromatic rings. The number of fused-ring (bicyclic) bond motifs is 1. The van der Waals surface area contributed by atoms with Gasteiger partial charge in [0, 0.05) is 47.0 Å². The van der Waals surface area contributed by atoms with Crippen molar-refractivity contribution in [2.24, 2.45) is 0 Å². The van der Waals surface area contributed by atoms with Crippen molar-refractivity contribution in [2.75, 3.05) is 25.5 Å². The summed E-state index contributed by atoms with van der Waals surface area (Å²) in [4.78, 5) is 18.5. The average molecular weight is 377 g/mol. The Hall–Kier alpha value is -2.95. The normalized spacial score (nSPS) is 17.0. The number of methoxy groups -OCH3 is 1. The van der Waals surface area contributed by atoms with Crippen LogP contribution in [0.5, 0.6) is 5.75 Å². The van der Waals surface area contributed by atoms with E-state index in [9.17, 15) is 4.79 Å². The quantitative estimate of drug-likeness (QED) is 0.703. The Morgan fingerprint density at radius 2 is 1.96 bits per heavy atom. The molecule has 1 aromatic heterocycles. The van der Waals surface area contributed by atoms with Gasteiger partial charge < -0.3 is 19.9 Å². The lowest BCUT2D eigenvalue weighted by molar-refractivity contribution is 0.0715. The number of carbonyl (C=O) groups is 1. The number of piperidine rings is 1. The highest BCUT2D eigenvalue weighted by Crippen LogP contribution is 2.24. The summed E-state index contributed by atoms with van der Waals surface area (Å²) in [6, 6.07) is 14.2. The number of aryl methyl sites for hydroxylation is 2. The maximum atomic E-state index is 13.1. The lowest BCUT2D eigenvalue weighted by Gasteiger charge is -2.34. The van der Waals surface area contributed by atoms with E-state index in [4.69, 9.17) is 4.74 Å². The van der Waals surface area contributed by atoms with Crippen LogP contribution in [0.25, 0.3) is 10.9 Å². The predicted molar refractivity (Wildman–Crippen MR) is 113 cm³/mol. The first-order valence-electron chi connectivity index (χ1n) is 9.84. The minimum Gasteiger partial charge on any atom is -0.497 e. The molecule has 146 valence electrons. The summed E-state index contributed by atoms with van der Waals surface area (Å²) in [5, 5.41) is 4.69. The third-order valence-corrected chi connectivity index (χ3v) is 5.72. The summed E-state index contributed by atoms with van der Waals surface area (Å²) in [6.45, 7) is 5.69. The van der Waals surface area contributed by atoms with E-state index >= 15 is 0 Å². The van der Waals surface area contributed by atoms with E-state index in [0.29, 0.717) is 6.54 Å². The third-order valence-electron chi connectivity index (χ3n) is 5.72. The number of amides is 1. The van der Waals surface area contributed by atoms with Crippen LogP contribution in [0.15, 0.2) is 42.5 Å². The number of nitrogens with zero attached hydrogens (tertiary/aromatic N) is 1. The van der Waals surface area contributed by atoms with Crippen LogP contribution in [0.1, 0.15) is 34.5 Å². The SMILES string of the molecule is COc1ccc(N[C@@H]2CCCN(C(=O)c3ccc4[nH]c(C)c(C)c4c3)C2)cc1. The van der Waals surface area contributed by atoms with E-state index < -0.39 is 0 Å². The van der Waals surface area contributed by atoms with Crippen molar-refractivity contribution in [3.8, 4) is 5.75 Å². The number of hydrogen-bond acceptors (Lipinski definition) is 3. The van der Waals surface area contributed by atoms with Gasteiger partial charge in [-0.2, -0.15) is 0 Å². The summed E-state index contributed by atoms with van der Waals surface area (Å²) in [5.41, 5.74) is 5.27. The molecule has 1 atom stereocenters. The highest BCUT2D eigenvalue weighted by atomic mass is 16.5. The Kier molecular flexibility index (Phi) is 4.99. The summed E-state index contributed by atoms with van der Waals surface area (Å²) in [5.74, 6) is 0.957. The molecular formula is C23H27N3O2. The van der Waals surface area contributed by atoms with Crippen LogP contribution < -0.4 is 10.1 Å². The molecule has 4 rings (SSSR count). The molecule has 2 N–H and O–H groups in total. The van der Waals surface area contributed by atoms with Gasteiger partial charge in [-0.1, -0.05) is 0 Å². The maximum Gasteiger partial charge on any atom is 0.253 e. The first-order chi connectivity index (χ1) is 13.5. The molecule has 0 aliphatic carbocycles. The molecule has 5 heteroatoms. The van der Waals surface area contributed by atoms with Crippen LogP contribution in [0, 0.1) is 13.8 Å². The first kappa shape index (κ1) is 18.4. The summed E-state index contributed by atoms with van der Waals surface area (Å²) < 4.78 is 5.21. The number of nitrogens with one attached hydrogen (secondary N) is 2. The number of aromatic amines is 1. The standard InChI is InChI=1S/C23H27N3O2/c1-15-16(2)24-22-11-6-17(13-21(15)22)23(27)26-12-4-5-19(14-26)25-18-7-9-20(28-3)10-8-18/h6-11,13,19,24-25H,4-5,12,14H2,1-3H3/t19-/m1/s1. The molecule has 1 amide bonds. The van der Waals surface area contributed by atoms with Crippen molar-refractivity contribution in [1.82, 2.24) is 9.88 Å². The van der Waals surface area contributed by atoms with Crippen LogP contribution in [0.4, 0.5) is 5.69 Å². The molecule has 0 bridgehead atoms. The number of aromatic nitrogens is 1. The third kappa shape index (κ3) is 3.57. The smallest absolute Gasteiger partial charge is 0.253 e. The molecule has 0 saturated carbocycles. The van der Waals surface area contributed by atoms with Gasteiger partial charge in [0.05, 0.1) is 7.11 Å². The van der Waals surface area contributed by atoms with Gasteiger partial charge in [-0.3, -0.25) is 4.79 Å². The average Bonchev–Trinajstić information content (AvgIpc) is 3.01. The molecular weight excluding hydrogens is 350 g/mol. The second kappa shape index (κ2) is 7.58. The first-order valence-corrected chi connectivity index (χ1v) is 9.84. The van der Waals surface area contributed by atoms with Gasteiger partial charge >= 0.3 is 0 Å². The molecule has 2 heterocycles. The summed E-state index contributed by atoms with van der Waals surface area (Å²) in [6.07, 6.45) is 2.06. The summed E-state index contributed by atoms with van der Waals surface area (Å²) in [7, 11) is 1.67. The minimum absolute atomic E-state index is 0.112. The van der Waals surface area contributed by atoms with Gasteiger partial charge in [0.25, 0.3) is 5.91 Å². The highest BCUT2D eigenvalue weighted by molar-refractivity contribution is 5.99. The van der Waals surface area contributed by atoms with Crippen molar-refractivity contribution in [1.29, 1.82) is 0 Å². The highest BCUT2D eigenvalue weighted by Gasteiger charge is 2.25. The van der Waals surface area contributed by atoms with Crippen molar-refractivity contribution in [3.05, 3.63) is 59.3 Å². The lowest BCUT2D eigenvalue weighted by Crippen LogP contribution is -2.45. The molecule has 1 aliphatic heterocycles. The number of ether oxygens (including phenoxy) is 1. The zero-order valence-corrected chi connectivity index (χ0v) is 16.7. The lowest BCUT2D eigenvalue weighted by atomic mass is 10.0. The van der Waals surface area contributed by atoms with Crippen molar-refractivity contribution < 1.29 is 9.53 Å². The van der Waals surface area contributed by atoms with Crippen LogP contribution in [-0.2, 0) is 0 Å². The topological polar surface area (TPSA) is 57.4 Å². The number of hydrogen-bond donors (Lipinski definition) is 2. The molecule has 0 radical (unpaired) electrons. The molecule has 2 aromatic carbocycles. The van der Waals surface area contributed by atoms with Gasteiger partial charge in [-0.15, -0.1) is 0 Å². The fourth-order valence-corrected chi connectivity index (χ4v) is 3.98. The van der Waals surface area contributed by atoms with Crippen LogP contribution in [0.3, 0.4) is 0 Å². The Labute approximate surface area is 165 Å². The van der Waals surface area contributed by atoms with Crippen molar-refractivity contribution >= 4 is 22.5 Å². The van der Waals surface area contributed by atoms with E-state index in [1.807, 2.05) is 47.4 Å². The fourth-order valence-electron chi connectivity index (χ4n) is 3.98. The number of anilines is 1. The van der Waals surface area contributed by atoms with Crippen molar-refractivity contribution in [2.45, 2.75) is 32.7 Å². The van der Waals surface area contributed by atoms with Crippen LogP contribution in [-0.4, -0.2) is 42.0 Å². The molecule has 0 spiro atoms. The Balaban J connectivity index is 1.47. The molecule has 0 unspecified atom stereocenters. The van der Waals surface area contributed by atoms with E-state index in [1.54, 1.807) is 7.11 Å². The predicted octanol–water partition coefficient (Wildman–Crippen LogP) is 4.51. The van der Waals surface area contributed by atoms with E-state index in [0.717, 1.165) is 53.0 Å². The van der Waals surface area contributed by atoms with Gasteiger partial charge in [0.1, 0.15) is 5.75 Å². The molecule has 1 fully saturated rings. The second-order valence-corrected chi connectivity index (χ2v) is 7.60. The molecule has 1 aliphatic rings.